The van der Waals surface area contributed by atoms with Crippen LogP contribution in [0, 0.1) is 0 Å². The first kappa shape index (κ1) is 22.0. The number of hydrogen-bond acceptors (Lipinski definition) is 6. The zero-order valence-corrected chi connectivity index (χ0v) is 18.0. The standard InChI is InChI=1S/C25H26O6/c1-13(2)5-8-17-22(28)18(9-6-14(3)4)25-21(23(17)29)24(30)19(12-31-25)16-10-7-15(26)11-20(16)27/h5-7,10-12,26-29H,8-9H2,1-4H3. The van der Waals surface area contributed by atoms with E-state index in [0.717, 1.165) is 17.2 Å². The van der Waals surface area contributed by atoms with E-state index in [1.54, 1.807) is 0 Å². The third kappa shape index (κ3) is 4.28. The quantitative estimate of drug-likeness (QED) is 0.415. The Labute approximate surface area is 180 Å². The van der Waals surface area contributed by atoms with Crippen LogP contribution in [0.1, 0.15) is 38.8 Å². The number of aromatic hydroxyl groups is 4. The Hall–Kier alpha value is -3.67. The first-order chi connectivity index (χ1) is 14.6. The Morgan fingerprint density at radius 3 is 2.06 bits per heavy atom. The first-order valence-electron chi connectivity index (χ1n) is 9.92. The normalized spacial score (nSPS) is 10.8. The number of allylic oxidation sites excluding steroid dienone is 4. The molecule has 31 heavy (non-hydrogen) atoms. The zero-order chi connectivity index (χ0) is 22.9. The van der Waals surface area contributed by atoms with E-state index in [1.165, 1.54) is 18.4 Å². The number of phenols is 4. The molecule has 3 aromatic rings. The van der Waals surface area contributed by atoms with E-state index in [1.807, 2.05) is 39.8 Å². The second kappa shape index (κ2) is 8.60. The van der Waals surface area contributed by atoms with Crippen LogP contribution in [-0.2, 0) is 12.8 Å². The molecule has 0 bridgehead atoms. The average molecular weight is 422 g/mol. The maximum absolute atomic E-state index is 13.4. The smallest absolute Gasteiger partial charge is 0.204 e. The maximum atomic E-state index is 13.4. The van der Waals surface area contributed by atoms with Crippen LogP contribution in [0.4, 0.5) is 0 Å². The van der Waals surface area contributed by atoms with Gasteiger partial charge < -0.3 is 24.8 Å². The lowest BCUT2D eigenvalue weighted by Gasteiger charge is -2.15. The highest BCUT2D eigenvalue weighted by molar-refractivity contribution is 5.93. The Kier molecular flexibility index (Phi) is 6.11. The molecule has 0 unspecified atom stereocenters. The van der Waals surface area contributed by atoms with Gasteiger partial charge in [0, 0.05) is 22.8 Å². The summed E-state index contributed by atoms with van der Waals surface area (Å²) in [7, 11) is 0. The number of benzene rings is 2. The van der Waals surface area contributed by atoms with Gasteiger partial charge in [0.05, 0.1) is 5.56 Å². The molecule has 0 aliphatic heterocycles. The minimum Gasteiger partial charge on any atom is -0.508 e. The molecule has 0 radical (unpaired) electrons. The molecule has 0 aliphatic carbocycles. The van der Waals surface area contributed by atoms with Gasteiger partial charge in [-0.2, -0.15) is 0 Å². The van der Waals surface area contributed by atoms with E-state index in [9.17, 15) is 25.2 Å². The van der Waals surface area contributed by atoms with E-state index in [2.05, 4.69) is 0 Å². The molecular weight excluding hydrogens is 396 g/mol. The van der Waals surface area contributed by atoms with Gasteiger partial charge in [-0.05, 0) is 52.7 Å². The minimum atomic E-state index is -0.545. The Morgan fingerprint density at radius 2 is 1.48 bits per heavy atom. The van der Waals surface area contributed by atoms with Crippen LogP contribution in [-0.4, -0.2) is 20.4 Å². The summed E-state index contributed by atoms with van der Waals surface area (Å²) in [6.07, 6.45) is 5.50. The molecule has 0 spiro atoms. The van der Waals surface area contributed by atoms with Gasteiger partial charge in [0.2, 0.25) is 5.43 Å². The van der Waals surface area contributed by atoms with Crippen molar-refractivity contribution in [2.75, 3.05) is 0 Å². The fourth-order valence-corrected chi connectivity index (χ4v) is 3.39. The fourth-order valence-electron chi connectivity index (χ4n) is 3.39. The van der Waals surface area contributed by atoms with Crippen LogP contribution in [0.2, 0.25) is 0 Å². The van der Waals surface area contributed by atoms with Crippen molar-refractivity contribution in [1.29, 1.82) is 0 Å². The van der Waals surface area contributed by atoms with Gasteiger partial charge in [0.1, 0.15) is 40.2 Å². The summed E-state index contributed by atoms with van der Waals surface area (Å²) >= 11 is 0. The minimum absolute atomic E-state index is 0.0346. The lowest BCUT2D eigenvalue weighted by atomic mass is 9.95. The van der Waals surface area contributed by atoms with Gasteiger partial charge in [-0.25, -0.2) is 0 Å². The van der Waals surface area contributed by atoms with Gasteiger partial charge in [0.15, 0.2) is 0 Å². The fraction of sp³-hybridized carbons (Fsp3) is 0.240. The zero-order valence-electron chi connectivity index (χ0n) is 18.0. The first-order valence-corrected chi connectivity index (χ1v) is 9.92. The van der Waals surface area contributed by atoms with Crippen molar-refractivity contribution in [3.8, 4) is 34.1 Å². The van der Waals surface area contributed by atoms with E-state index in [0.29, 0.717) is 12.0 Å². The van der Waals surface area contributed by atoms with Crippen molar-refractivity contribution in [1.82, 2.24) is 0 Å². The van der Waals surface area contributed by atoms with Crippen LogP contribution in [0.15, 0.2) is 57.0 Å². The lowest BCUT2D eigenvalue weighted by Crippen LogP contribution is -2.08. The summed E-state index contributed by atoms with van der Waals surface area (Å²) in [5, 5.41) is 41.5. The molecule has 2 aromatic carbocycles. The average Bonchev–Trinajstić information content (AvgIpc) is 2.68. The highest BCUT2D eigenvalue weighted by Crippen LogP contribution is 2.41. The third-order valence-corrected chi connectivity index (χ3v) is 5.06. The summed E-state index contributed by atoms with van der Waals surface area (Å²) in [6.45, 7) is 7.65. The SMILES string of the molecule is CC(C)=CCc1c(O)c(CC=C(C)C)c2occ(-c3ccc(O)cc3O)c(=O)c2c1O. The molecule has 162 valence electrons. The molecule has 1 aromatic heterocycles. The summed E-state index contributed by atoms with van der Waals surface area (Å²) in [5.41, 5.74) is 2.43. The summed E-state index contributed by atoms with van der Waals surface area (Å²) in [5.74, 6) is -0.894. The topological polar surface area (TPSA) is 111 Å². The van der Waals surface area contributed by atoms with Crippen molar-refractivity contribution >= 4 is 11.0 Å². The van der Waals surface area contributed by atoms with Crippen LogP contribution in [0.25, 0.3) is 22.1 Å². The number of hydrogen-bond donors (Lipinski definition) is 4. The molecular formula is C25H26O6. The van der Waals surface area contributed by atoms with Crippen molar-refractivity contribution in [2.24, 2.45) is 0 Å². The van der Waals surface area contributed by atoms with Crippen LogP contribution in [0.3, 0.4) is 0 Å². The number of phenolic OH excluding ortho intramolecular Hbond substituents is 4. The van der Waals surface area contributed by atoms with E-state index < -0.39 is 5.43 Å². The monoisotopic (exact) mass is 422 g/mol. The summed E-state index contributed by atoms with van der Waals surface area (Å²) < 4.78 is 5.73. The third-order valence-electron chi connectivity index (χ3n) is 5.06. The van der Waals surface area contributed by atoms with Gasteiger partial charge in [-0.1, -0.05) is 23.3 Å². The lowest BCUT2D eigenvalue weighted by molar-refractivity contribution is 0.438. The van der Waals surface area contributed by atoms with Gasteiger partial charge in [0.25, 0.3) is 0 Å². The van der Waals surface area contributed by atoms with Crippen LogP contribution in [0.5, 0.6) is 23.0 Å². The number of fused-ring (bicyclic) bond motifs is 1. The summed E-state index contributed by atoms with van der Waals surface area (Å²) in [6, 6.07) is 3.86. The molecule has 0 fully saturated rings. The molecule has 6 nitrogen and oxygen atoms in total. The largest absolute Gasteiger partial charge is 0.508 e. The molecule has 0 aliphatic rings. The number of rotatable bonds is 5. The van der Waals surface area contributed by atoms with Crippen molar-refractivity contribution in [2.45, 2.75) is 40.5 Å². The molecule has 0 amide bonds. The van der Waals surface area contributed by atoms with E-state index in [-0.39, 0.29) is 57.1 Å². The van der Waals surface area contributed by atoms with E-state index >= 15 is 0 Å². The molecule has 1 heterocycles. The molecule has 4 N–H and O–H groups in total. The van der Waals surface area contributed by atoms with Gasteiger partial charge in [-0.3, -0.25) is 4.79 Å². The van der Waals surface area contributed by atoms with Gasteiger partial charge in [-0.15, -0.1) is 0 Å². The maximum Gasteiger partial charge on any atom is 0.204 e. The van der Waals surface area contributed by atoms with Crippen molar-refractivity contribution in [3.05, 3.63) is 69.1 Å². The predicted octanol–water partition coefficient (Wildman–Crippen LogP) is 5.30. The van der Waals surface area contributed by atoms with Crippen LogP contribution < -0.4 is 5.43 Å². The molecule has 3 rings (SSSR count). The molecule has 0 saturated heterocycles. The highest BCUT2D eigenvalue weighted by Gasteiger charge is 2.24. The van der Waals surface area contributed by atoms with Gasteiger partial charge >= 0.3 is 0 Å². The molecule has 0 atom stereocenters. The highest BCUT2D eigenvalue weighted by atomic mass is 16.3. The van der Waals surface area contributed by atoms with Crippen LogP contribution >= 0.6 is 0 Å². The second-order valence-electron chi connectivity index (χ2n) is 8.01. The molecule has 6 heteroatoms. The Morgan fingerprint density at radius 1 is 0.871 bits per heavy atom. The van der Waals surface area contributed by atoms with E-state index in [4.69, 9.17) is 4.42 Å². The van der Waals surface area contributed by atoms with Crippen molar-refractivity contribution in [3.63, 3.8) is 0 Å². The van der Waals surface area contributed by atoms with Crippen molar-refractivity contribution < 1.29 is 24.8 Å². The predicted molar refractivity (Wildman–Crippen MR) is 121 cm³/mol. The second-order valence-corrected chi connectivity index (χ2v) is 8.01. The molecule has 0 saturated carbocycles. The Balaban J connectivity index is 2.38. The summed E-state index contributed by atoms with van der Waals surface area (Å²) in [4.78, 5) is 13.4. The Bertz CT molecular complexity index is 1270.